The molecular weight excluding hydrogens is 286 g/mol. The normalized spacial score (nSPS) is 10.6. The Morgan fingerprint density at radius 1 is 1.41 bits per heavy atom. The molecule has 7 heteroatoms. The average Bonchev–Trinajstić information content (AvgIpc) is 2.44. The first-order chi connectivity index (χ1) is 10.4. The molecule has 0 aliphatic rings. The Morgan fingerprint density at radius 3 is 2.73 bits per heavy atom. The number of carboxylic acid groups (broad SMARTS) is 1. The zero-order valence-electron chi connectivity index (χ0n) is 12.4. The van der Waals surface area contributed by atoms with E-state index in [-0.39, 0.29) is 12.2 Å². The zero-order chi connectivity index (χ0) is 16.3. The lowest BCUT2D eigenvalue weighted by molar-refractivity contribution is -0.384. The maximum atomic E-state index is 11.1. The van der Waals surface area contributed by atoms with E-state index in [2.05, 4.69) is 4.98 Å². The van der Waals surface area contributed by atoms with Crippen LogP contribution in [0.1, 0.15) is 19.0 Å². The van der Waals surface area contributed by atoms with E-state index in [0.717, 1.165) is 12.1 Å². The molecule has 7 nitrogen and oxygen atoms in total. The topological polar surface area (TPSA) is 96.6 Å². The third-order valence-electron chi connectivity index (χ3n) is 3.27. The number of benzene rings is 1. The van der Waals surface area contributed by atoms with Crippen molar-refractivity contribution in [3.8, 4) is 0 Å². The maximum Gasteiger partial charge on any atom is 0.323 e. The second kappa shape index (κ2) is 6.38. The number of non-ortho nitro benzene ring substituents is 1. The first-order valence-corrected chi connectivity index (χ1v) is 6.95. The van der Waals surface area contributed by atoms with Gasteiger partial charge < -0.3 is 10.0 Å². The number of hydrogen-bond acceptors (Lipinski definition) is 5. The van der Waals surface area contributed by atoms with E-state index in [1.54, 1.807) is 17.0 Å². The van der Waals surface area contributed by atoms with E-state index in [9.17, 15) is 14.9 Å². The van der Waals surface area contributed by atoms with Crippen molar-refractivity contribution in [1.82, 2.24) is 4.98 Å². The zero-order valence-corrected chi connectivity index (χ0v) is 12.4. The number of fused-ring (bicyclic) bond motifs is 1. The molecule has 0 atom stereocenters. The summed E-state index contributed by atoms with van der Waals surface area (Å²) in [5.41, 5.74) is 1.98. The van der Waals surface area contributed by atoms with Crippen molar-refractivity contribution in [2.45, 2.75) is 20.3 Å². The fourth-order valence-electron chi connectivity index (χ4n) is 2.42. The number of pyridine rings is 1. The monoisotopic (exact) mass is 303 g/mol. The second-order valence-corrected chi connectivity index (χ2v) is 5.06. The fourth-order valence-corrected chi connectivity index (χ4v) is 2.42. The van der Waals surface area contributed by atoms with Gasteiger partial charge in [0.2, 0.25) is 0 Å². The standard InChI is InChI=1S/C15H17N3O4/c1-3-6-17(9-15(19)20)14-7-10(2)16-13-5-4-11(18(21)22)8-12(13)14/h4-5,7-8H,3,6,9H2,1-2H3,(H,19,20). The van der Waals surface area contributed by atoms with Gasteiger partial charge >= 0.3 is 5.97 Å². The second-order valence-electron chi connectivity index (χ2n) is 5.06. The molecule has 2 rings (SSSR count). The molecule has 0 saturated carbocycles. The highest BCUT2D eigenvalue weighted by molar-refractivity contribution is 5.94. The predicted octanol–water partition coefficient (Wildman–Crippen LogP) is 2.75. The van der Waals surface area contributed by atoms with Crippen LogP contribution in [0, 0.1) is 17.0 Å². The molecule has 0 fully saturated rings. The summed E-state index contributed by atoms with van der Waals surface area (Å²) in [6.07, 6.45) is 0.769. The molecule has 1 heterocycles. The highest BCUT2D eigenvalue weighted by atomic mass is 16.6. The third-order valence-corrected chi connectivity index (χ3v) is 3.27. The molecule has 1 N–H and O–H groups in total. The van der Waals surface area contributed by atoms with Gasteiger partial charge in [-0.25, -0.2) is 0 Å². The fraction of sp³-hybridized carbons (Fsp3) is 0.333. The number of nitro groups is 1. The molecule has 0 aliphatic heterocycles. The third kappa shape index (κ3) is 3.30. The van der Waals surface area contributed by atoms with Gasteiger partial charge in [-0.15, -0.1) is 0 Å². The molecule has 116 valence electrons. The predicted molar refractivity (Wildman–Crippen MR) is 83.3 cm³/mol. The smallest absolute Gasteiger partial charge is 0.323 e. The summed E-state index contributed by atoms with van der Waals surface area (Å²) in [6, 6.07) is 6.21. The van der Waals surface area contributed by atoms with Crippen LogP contribution in [0.15, 0.2) is 24.3 Å². The Balaban J connectivity index is 2.64. The summed E-state index contributed by atoms with van der Waals surface area (Å²) in [7, 11) is 0. The van der Waals surface area contributed by atoms with Crippen LogP contribution in [-0.2, 0) is 4.79 Å². The summed E-state index contributed by atoms with van der Waals surface area (Å²) < 4.78 is 0. The highest BCUT2D eigenvalue weighted by Crippen LogP contribution is 2.30. The van der Waals surface area contributed by atoms with E-state index < -0.39 is 10.9 Å². The van der Waals surface area contributed by atoms with Gasteiger partial charge in [-0.1, -0.05) is 6.92 Å². The molecule has 0 unspecified atom stereocenters. The van der Waals surface area contributed by atoms with E-state index in [4.69, 9.17) is 5.11 Å². The Labute approximate surface area is 127 Å². The van der Waals surface area contributed by atoms with Crippen LogP contribution in [0.3, 0.4) is 0 Å². The molecular formula is C15H17N3O4. The van der Waals surface area contributed by atoms with E-state index in [1.807, 2.05) is 13.8 Å². The number of hydrogen-bond donors (Lipinski definition) is 1. The number of anilines is 1. The number of aliphatic carboxylic acids is 1. The molecule has 0 bridgehead atoms. The Bertz CT molecular complexity index is 730. The van der Waals surface area contributed by atoms with Crippen molar-refractivity contribution in [1.29, 1.82) is 0 Å². The van der Waals surface area contributed by atoms with Gasteiger partial charge in [-0.05, 0) is 25.5 Å². The number of nitrogens with zero attached hydrogens (tertiary/aromatic N) is 3. The van der Waals surface area contributed by atoms with E-state index >= 15 is 0 Å². The quantitative estimate of drug-likeness (QED) is 0.651. The molecule has 22 heavy (non-hydrogen) atoms. The first-order valence-electron chi connectivity index (χ1n) is 6.95. The van der Waals surface area contributed by atoms with Crippen LogP contribution in [0.5, 0.6) is 0 Å². The molecule has 0 spiro atoms. The minimum atomic E-state index is -0.943. The molecule has 2 aromatic rings. The van der Waals surface area contributed by atoms with Crippen molar-refractivity contribution in [3.63, 3.8) is 0 Å². The van der Waals surface area contributed by atoms with E-state index in [1.165, 1.54) is 12.1 Å². The highest BCUT2D eigenvalue weighted by Gasteiger charge is 2.16. The van der Waals surface area contributed by atoms with Crippen LogP contribution in [0.25, 0.3) is 10.9 Å². The Morgan fingerprint density at radius 2 is 2.14 bits per heavy atom. The Kier molecular flexibility index (Phi) is 4.55. The van der Waals surface area contributed by atoms with Crippen molar-refractivity contribution >= 4 is 28.2 Å². The SMILES string of the molecule is CCCN(CC(=O)O)c1cc(C)nc2ccc([N+](=O)[O-])cc12. The minimum Gasteiger partial charge on any atom is -0.480 e. The van der Waals surface area contributed by atoms with Crippen LogP contribution >= 0.6 is 0 Å². The van der Waals surface area contributed by atoms with Crippen molar-refractivity contribution in [2.75, 3.05) is 18.0 Å². The summed E-state index contributed by atoms with van der Waals surface area (Å²) in [5.74, 6) is -0.943. The number of carbonyl (C=O) groups is 1. The molecule has 0 aliphatic carbocycles. The lowest BCUT2D eigenvalue weighted by atomic mass is 10.1. The van der Waals surface area contributed by atoms with Crippen LogP contribution in [-0.4, -0.2) is 34.1 Å². The van der Waals surface area contributed by atoms with Gasteiger partial charge in [0.25, 0.3) is 5.69 Å². The Hall–Kier alpha value is -2.70. The first kappa shape index (κ1) is 15.7. The van der Waals surface area contributed by atoms with Gasteiger partial charge in [0.05, 0.1) is 10.4 Å². The summed E-state index contributed by atoms with van der Waals surface area (Å²) in [5, 5.41) is 20.7. The molecule has 0 amide bonds. The number of nitro benzene ring substituents is 1. The van der Waals surface area contributed by atoms with Crippen molar-refractivity contribution in [3.05, 3.63) is 40.1 Å². The van der Waals surface area contributed by atoms with Gasteiger partial charge in [0, 0.05) is 35.4 Å². The van der Waals surface area contributed by atoms with Crippen LogP contribution < -0.4 is 4.90 Å². The lowest BCUT2D eigenvalue weighted by Gasteiger charge is -2.24. The molecule has 0 saturated heterocycles. The van der Waals surface area contributed by atoms with Gasteiger partial charge in [0.15, 0.2) is 0 Å². The molecule has 1 aromatic carbocycles. The van der Waals surface area contributed by atoms with Crippen LogP contribution in [0.2, 0.25) is 0 Å². The van der Waals surface area contributed by atoms with Crippen molar-refractivity contribution < 1.29 is 14.8 Å². The van der Waals surface area contributed by atoms with E-state index in [0.29, 0.717) is 23.1 Å². The number of aromatic nitrogens is 1. The number of aryl methyl sites for hydroxylation is 1. The van der Waals surface area contributed by atoms with Crippen LogP contribution in [0.4, 0.5) is 11.4 Å². The number of carboxylic acids is 1. The lowest BCUT2D eigenvalue weighted by Crippen LogP contribution is -2.30. The van der Waals surface area contributed by atoms with Gasteiger partial charge in [-0.3, -0.25) is 19.9 Å². The van der Waals surface area contributed by atoms with Gasteiger partial charge in [-0.2, -0.15) is 0 Å². The minimum absolute atomic E-state index is 0.0359. The summed E-state index contributed by atoms with van der Waals surface area (Å²) in [4.78, 5) is 27.7. The van der Waals surface area contributed by atoms with Gasteiger partial charge in [0.1, 0.15) is 6.54 Å². The largest absolute Gasteiger partial charge is 0.480 e. The summed E-state index contributed by atoms with van der Waals surface area (Å²) >= 11 is 0. The maximum absolute atomic E-state index is 11.1. The van der Waals surface area contributed by atoms with Crippen molar-refractivity contribution in [2.24, 2.45) is 0 Å². The average molecular weight is 303 g/mol. The molecule has 0 radical (unpaired) electrons. The summed E-state index contributed by atoms with van der Waals surface area (Å²) in [6.45, 7) is 4.16. The number of rotatable bonds is 6. The molecule has 1 aromatic heterocycles.